The lowest BCUT2D eigenvalue weighted by Gasteiger charge is -2.27. The third-order valence-electron chi connectivity index (χ3n) is 3.40. The van der Waals surface area contributed by atoms with E-state index in [1.807, 2.05) is 0 Å². The second-order valence-electron chi connectivity index (χ2n) is 7.10. The number of β-amino-alcohol motifs (C(OH)–C–C–N with tert-alkyl or cyclic N) is 1. The average Bonchev–Trinajstić information content (AvgIpc) is 3.12. The van der Waals surface area contributed by atoms with Crippen LogP contribution in [0.2, 0.25) is 0 Å². The van der Waals surface area contributed by atoms with E-state index in [2.05, 4.69) is 39.7 Å². The van der Waals surface area contributed by atoms with Gasteiger partial charge in [-0.25, -0.2) is 9.59 Å². The van der Waals surface area contributed by atoms with Crippen molar-refractivity contribution in [2.24, 2.45) is 0 Å². The van der Waals surface area contributed by atoms with Crippen LogP contribution < -0.4 is 15.0 Å². The highest BCUT2D eigenvalue weighted by molar-refractivity contribution is 6.99. The summed E-state index contributed by atoms with van der Waals surface area (Å²) in [7, 11) is 0. The zero-order valence-electron chi connectivity index (χ0n) is 16.7. The largest absolute Gasteiger partial charge is 0.478 e. The normalized spacial score (nSPS) is 15.5. The first-order chi connectivity index (χ1) is 13.6. The van der Waals surface area contributed by atoms with Crippen LogP contribution in [0.15, 0.2) is 12.2 Å². The number of anilines is 1. The van der Waals surface area contributed by atoms with Crippen LogP contribution in [-0.2, 0) is 14.3 Å². The molecule has 11 nitrogen and oxygen atoms in total. The van der Waals surface area contributed by atoms with Gasteiger partial charge in [0.15, 0.2) is 0 Å². The van der Waals surface area contributed by atoms with Crippen LogP contribution in [0.1, 0.15) is 20.8 Å². The molecular weight excluding hydrogens is 404 g/mol. The maximum Gasteiger partial charge on any atom is 0.328 e. The number of rotatable bonds is 8. The molecule has 0 aromatic carbocycles. The number of aliphatic carboxylic acids is 2. The number of hydrogen-bond donors (Lipinski definition) is 4. The Morgan fingerprint density at radius 3 is 2.34 bits per heavy atom. The lowest BCUT2D eigenvalue weighted by atomic mass is 10.1. The first-order valence-corrected chi connectivity index (χ1v) is 9.66. The lowest BCUT2D eigenvalue weighted by Crippen LogP contribution is -2.42. The highest BCUT2D eigenvalue weighted by atomic mass is 32.1. The van der Waals surface area contributed by atoms with Crippen LogP contribution >= 0.6 is 11.7 Å². The summed E-state index contributed by atoms with van der Waals surface area (Å²) in [5, 5.41) is 28.8. The van der Waals surface area contributed by atoms with Crippen molar-refractivity contribution in [3.05, 3.63) is 12.2 Å². The number of carboxylic acids is 2. The number of hydrogen-bond acceptors (Lipinski definition) is 10. The number of morpholine rings is 1. The molecule has 1 aliphatic rings. The topological polar surface area (TPSA) is 154 Å². The molecular formula is C17H28N4O7S. The number of nitrogens with one attached hydrogen (secondary N) is 1. The summed E-state index contributed by atoms with van der Waals surface area (Å²) in [6, 6.07) is 0. The first kappa shape index (κ1) is 24.8. The molecule has 4 N–H and O–H groups in total. The monoisotopic (exact) mass is 432 g/mol. The summed E-state index contributed by atoms with van der Waals surface area (Å²) in [4.78, 5) is 21.2. The minimum atomic E-state index is -1.26. The number of nitrogens with zero attached hydrogens (tertiary/aromatic N) is 3. The van der Waals surface area contributed by atoms with Gasteiger partial charge in [-0.1, -0.05) is 0 Å². The molecule has 0 saturated carbocycles. The summed E-state index contributed by atoms with van der Waals surface area (Å²) >= 11 is 1.12. The fraction of sp³-hybridized carbons (Fsp3) is 0.647. The molecule has 164 valence electrons. The van der Waals surface area contributed by atoms with Crippen LogP contribution in [0, 0.1) is 0 Å². The van der Waals surface area contributed by atoms with Crippen LogP contribution in [0.4, 0.5) is 5.82 Å². The highest BCUT2D eigenvalue weighted by Gasteiger charge is 2.21. The first-order valence-electron chi connectivity index (χ1n) is 8.93. The summed E-state index contributed by atoms with van der Waals surface area (Å²) in [6.45, 7) is 9.81. The Balaban J connectivity index is 0.000000447. The molecule has 2 rings (SSSR count). The minimum absolute atomic E-state index is 0.0257. The van der Waals surface area contributed by atoms with Gasteiger partial charge < -0.3 is 35.0 Å². The standard InChI is InChI=1S/C13H24N4O3S.C4H4O4/c1-13(2,3)14-8-10(18)9-20-12-11(15-21-16-12)17-4-6-19-7-5-17;5-3(6)1-2-4(7)8/h10,14,18H,4-9H2,1-3H3;1-2H,(H,5,6)(H,7,8)/b;2-1+/t10-;/m1./s1. The van der Waals surface area contributed by atoms with Crippen LogP contribution in [0.25, 0.3) is 0 Å². The van der Waals surface area contributed by atoms with Gasteiger partial charge in [-0.15, -0.1) is 4.37 Å². The Hall–Kier alpha value is -2.28. The molecule has 29 heavy (non-hydrogen) atoms. The molecule has 0 radical (unpaired) electrons. The van der Waals surface area contributed by atoms with Crippen molar-refractivity contribution in [1.29, 1.82) is 0 Å². The van der Waals surface area contributed by atoms with Crippen molar-refractivity contribution in [3.8, 4) is 5.88 Å². The van der Waals surface area contributed by atoms with Gasteiger partial charge >= 0.3 is 11.9 Å². The molecule has 0 spiro atoms. The molecule has 1 aromatic heterocycles. The second-order valence-corrected chi connectivity index (χ2v) is 7.63. The highest BCUT2D eigenvalue weighted by Crippen LogP contribution is 2.26. The Labute approximate surface area is 173 Å². The van der Waals surface area contributed by atoms with E-state index in [9.17, 15) is 14.7 Å². The fourth-order valence-electron chi connectivity index (χ4n) is 2.04. The number of ether oxygens (including phenoxy) is 2. The van der Waals surface area contributed by atoms with Crippen LogP contribution in [0.3, 0.4) is 0 Å². The third-order valence-corrected chi connectivity index (χ3v) is 3.90. The average molecular weight is 432 g/mol. The molecule has 0 bridgehead atoms. The molecule has 2 heterocycles. The van der Waals surface area contributed by atoms with Crippen molar-refractivity contribution < 1.29 is 34.4 Å². The van der Waals surface area contributed by atoms with E-state index in [0.717, 1.165) is 30.6 Å². The zero-order valence-corrected chi connectivity index (χ0v) is 17.5. The molecule has 12 heteroatoms. The summed E-state index contributed by atoms with van der Waals surface area (Å²) in [6.07, 6.45) is 0.536. The molecule has 0 unspecified atom stereocenters. The minimum Gasteiger partial charge on any atom is -0.478 e. The van der Waals surface area contributed by atoms with Gasteiger partial charge in [-0.05, 0) is 20.8 Å². The zero-order chi connectivity index (χ0) is 21.9. The number of carbonyl (C=O) groups is 2. The van der Waals surface area contributed by atoms with Crippen LogP contribution in [0.5, 0.6) is 5.88 Å². The Morgan fingerprint density at radius 1 is 1.24 bits per heavy atom. The maximum absolute atomic E-state index is 9.95. The van der Waals surface area contributed by atoms with Gasteiger partial charge in [0.2, 0.25) is 5.82 Å². The van der Waals surface area contributed by atoms with Gasteiger partial charge in [-0.2, -0.15) is 4.37 Å². The maximum atomic E-state index is 9.95. The summed E-state index contributed by atoms with van der Waals surface area (Å²) < 4.78 is 19.4. The van der Waals surface area contributed by atoms with E-state index >= 15 is 0 Å². The molecule has 0 aliphatic carbocycles. The lowest BCUT2D eigenvalue weighted by molar-refractivity contribution is -0.134. The van der Waals surface area contributed by atoms with Crippen molar-refractivity contribution in [2.75, 3.05) is 44.4 Å². The van der Waals surface area contributed by atoms with Crippen molar-refractivity contribution >= 4 is 29.5 Å². The van der Waals surface area contributed by atoms with Crippen molar-refractivity contribution in [1.82, 2.24) is 14.1 Å². The van der Waals surface area contributed by atoms with Gasteiger partial charge in [0, 0.05) is 37.3 Å². The third kappa shape index (κ3) is 11.3. The Morgan fingerprint density at radius 2 is 1.83 bits per heavy atom. The molecule has 1 aliphatic heterocycles. The SMILES string of the molecule is CC(C)(C)NC[C@@H](O)COc1nsnc1N1CCOCC1.O=C(O)/C=C/C(=O)O. The predicted octanol–water partition coefficient (Wildman–Crippen LogP) is 0.214. The fourth-order valence-corrected chi connectivity index (χ4v) is 2.56. The molecule has 0 amide bonds. The van der Waals surface area contributed by atoms with Gasteiger partial charge in [0.25, 0.3) is 5.88 Å². The smallest absolute Gasteiger partial charge is 0.328 e. The van der Waals surface area contributed by atoms with E-state index in [1.54, 1.807) is 0 Å². The van der Waals surface area contributed by atoms with Crippen LogP contribution in [-0.4, -0.2) is 87.1 Å². The van der Waals surface area contributed by atoms with Crippen molar-refractivity contribution in [2.45, 2.75) is 32.4 Å². The second kappa shape index (κ2) is 12.3. The van der Waals surface area contributed by atoms with Crippen molar-refractivity contribution in [3.63, 3.8) is 0 Å². The Bertz CT molecular complexity index is 653. The number of aromatic nitrogens is 2. The quantitative estimate of drug-likeness (QED) is 0.417. The van der Waals surface area contributed by atoms with E-state index in [1.165, 1.54) is 0 Å². The van der Waals surface area contributed by atoms with E-state index in [4.69, 9.17) is 19.7 Å². The number of aliphatic hydroxyl groups excluding tert-OH is 1. The van der Waals surface area contributed by atoms with E-state index in [0.29, 0.717) is 37.8 Å². The molecule has 1 atom stereocenters. The summed E-state index contributed by atoms with van der Waals surface area (Å²) in [5.41, 5.74) is -0.0257. The summed E-state index contributed by atoms with van der Waals surface area (Å²) in [5.74, 6) is -1.27. The molecule has 1 fully saturated rings. The predicted molar refractivity (Wildman–Crippen MR) is 107 cm³/mol. The molecule has 1 aromatic rings. The van der Waals surface area contributed by atoms with E-state index in [-0.39, 0.29) is 12.1 Å². The van der Waals surface area contributed by atoms with Gasteiger partial charge in [-0.3, -0.25) is 0 Å². The number of carboxylic acid groups (broad SMARTS) is 2. The van der Waals surface area contributed by atoms with E-state index < -0.39 is 18.0 Å². The van der Waals surface area contributed by atoms with Gasteiger partial charge in [0.1, 0.15) is 12.7 Å². The Kier molecular flexibility index (Phi) is 10.5. The van der Waals surface area contributed by atoms with Gasteiger partial charge in [0.05, 0.1) is 24.9 Å². The molecule has 1 saturated heterocycles. The number of aliphatic hydroxyl groups is 1.